The van der Waals surface area contributed by atoms with Gasteiger partial charge < -0.3 is 5.11 Å². The Morgan fingerprint density at radius 2 is 1.51 bits per heavy atom. The molecule has 4 fully saturated rings. The van der Waals surface area contributed by atoms with Crippen molar-refractivity contribution in [3.8, 4) is 5.75 Å². The molecule has 2 N–H and O–H groups in total. The van der Waals surface area contributed by atoms with Crippen LogP contribution in [0.4, 0.5) is 5.69 Å². The number of carbonyl (C=O) groups excluding carboxylic acids is 4. The van der Waals surface area contributed by atoms with Crippen LogP contribution in [0.3, 0.4) is 0 Å². The number of nitrogens with zero attached hydrogens (tertiary/aromatic N) is 3. The first-order chi connectivity index (χ1) is 26.7. The molecule has 1 saturated carbocycles. The van der Waals surface area contributed by atoms with E-state index in [0.717, 1.165) is 35.8 Å². The van der Waals surface area contributed by atoms with Crippen LogP contribution < -0.4 is 5.43 Å². The fourth-order valence-electron chi connectivity index (χ4n) is 10.4. The number of carbonyl (C=O) groups is 4. The van der Waals surface area contributed by atoms with Crippen molar-refractivity contribution in [2.75, 3.05) is 18.5 Å². The molecule has 0 radical (unpaired) electrons. The molecule has 2 aliphatic carbocycles. The average Bonchev–Trinajstić information content (AvgIpc) is 3.57. The van der Waals surface area contributed by atoms with Gasteiger partial charge >= 0.3 is 0 Å². The van der Waals surface area contributed by atoms with Gasteiger partial charge in [0.05, 0.1) is 28.9 Å². The summed E-state index contributed by atoms with van der Waals surface area (Å²) in [5, 5.41) is 11.9. The van der Waals surface area contributed by atoms with Gasteiger partial charge in [0, 0.05) is 36.6 Å². The van der Waals surface area contributed by atoms with Crippen LogP contribution in [0.2, 0.25) is 5.02 Å². The maximum absolute atomic E-state index is 15.3. The van der Waals surface area contributed by atoms with Crippen LogP contribution in [0.1, 0.15) is 53.9 Å². The first-order valence-electron chi connectivity index (χ1n) is 19.3. The molecule has 3 saturated heterocycles. The molecule has 0 bridgehead atoms. The number of phenolic OH excluding ortho intramolecular Hbond substituents is 1. The highest BCUT2D eigenvalue weighted by atomic mass is 35.5. The monoisotopic (exact) mass is 754 g/mol. The first kappa shape index (κ1) is 35.5. The van der Waals surface area contributed by atoms with Crippen molar-refractivity contribution in [2.45, 2.75) is 56.5 Å². The van der Waals surface area contributed by atoms with Crippen LogP contribution in [0.25, 0.3) is 0 Å². The number of halogens is 1. The van der Waals surface area contributed by atoms with Crippen molar-refractivity contribution < 1.29 is 24.3 Å². The number of phenols is 1. The molecular formula is C45H43ClN4O5. The molecular weight excluding hydrogens is 712 g/mol. The van der Waals surface area contributed by atoms with E-state index in [4.69, 9.17) is 11.6 Å². The van der Waals surface area contributed by atoms with Gasteiger partial charge in [0.2, 0.25) is 11.8 Å². The number of nitrogens with one attached hydrogen (secondary N) is 1. The molecule has 9 nitrogen and oxygen atoms in total. The number of aryl methyl sites for hydroxylation is 1. The number of hydrogen-bond acceptors (Lipinski definition) is 7. The molecule has 9 rings (SSSR count). The van der Waals surface area contributed by atoms with Gasteiger partial charge in [0.1, 0.15) is 5.75 Å². The highest BCUT2D eigenvalue weighted by Crippen LogP contribution is 2.65. The lowest BCUT2D eigenvalue weighted by Gasteiger charge is -2.50. The predicted octanol–water partition coefficient (Wildman–Crippen LogP) is 7.00. The summed E-state index contributed by atoms with van der Waals surface area (Å²) in [5.74, 6) is -4.47. The lowest BCUT2D eigenvalue weighted by atomic mass is 9.49. The van der Waals surface area contributed by atoms with Gasteiger partial charge in [-0.2, -0.15) is 5.01 Å². The van der Waals surface area contributed by atoms with E-state index in [1.165, 1.54) is 11.6 Å². The Bertz CT molecular complexity index is 2200. The van der Waals surface area contributed by atoms with E-state index in [1.807, 2.05) is 85.8 Å². The normalized spacial score (nSPS) is 28.2. The second kappa shape index (κ2) is 13.8. The van der Waals surface area contributed by atoms with E-state index in [0.29, 0.717) is 36.1 Å². The maximum Gasteiger partial charge on any atom is 0.260 e. The molecule has 4 aromatic rings. The van der Waals surface area contributed by atoms with E-state index >= 15 is 4.79 Å². The zero-order chi connectivity index (χ0) is 38.0. The molecule has 10 heteroatoms. The van der Waals surface area contributed by atoms with Crippen LogP contribution in [0.15, 0.2) is 115 Å². The Morgan fingerprint density at radius 3 is 2.20 bits per heavy atom. The van der Waals surface area contributed by atoms with Crippen molar-refractivity contribution in [3.63, 3.8) is 0 Å². The fraction of sp³-hybridized carbons (Fsp3) is 0.333. The van der Waals surface area contributed by atoms with Gasteiger partial charge in [-0.3, -0.25) is 34.4 Å². The number of likely N-dealkylation sites (tertiary alicyclic amines) is 2. The molecule has 5 aliphatic rings. The minimum Gasteiger partial charge on any atom is -0.508 e. The van der Waals surface area contributed by atoms with Crippen molar-refractivity contribution in [2.24, 2.45) is 23.7 Å². The Kier molecular flexibility index (Phi) is 8.89. The number of anilines is 1. The summed E-state index contributed by atoms with van der Waals surface area (Å²) < 4.78 is 0. The van der Waals surface area contributed by atoms with Gasteiger partial charge in [-0.1, -0.05) is 108 Å². The Labute approximate surface area is 325 Å². The van der Waals surface area contributed by atoms with E-state index in [-0.39, 0.29) is 35.0 Å². The number of piperidine rings is 1. The number of benzene rings is 4. The lowest BCUT2D eigenvalue weighted by Crippen LogP contribution is -2.53. The Morgan fingerprint density at radius 1 is 0.818 bits per heavy atom. The average molecular weight is 755 g/mol. The summed E-state index contributed by atoms with van der Waals surface area (Å²) >= 11 is 7.00. The number of imide groups is 2. The summed E-state index contributed by atoms with van der Waals surface area (Å²) in [4.78, 5) is 63.2. The largest absolute Gasteiger partial charge is 0.508 e. The number of rotatable bonds is 7. The third kappa shape index (κ3) is 5.70. The molecule has 0 aromatic heterocycles. The summed E-state index contributed by atoms with van der Waals surface area (Å²) in [6.07, 6.45) is 4.01. The Hall–Kier alpha value is -5.25. The highest BCUT2D eigenvalue weighted by molar-refractivity contribution is 6.31. The highest BCUT2D eigenvalue weighted by Gasteiger charge is 2.70. The number of amides is 4. The first-order valence-corrected chi connectivity index (χ1v) is 19.6. The van der Waals surface area contributed by atoms with Gasteiger partial charge in [0.15, 0.2) is 0 Å². The summed E-state index contributed by atoms with van der Waals surface area (Å²) in [5.41, 5.74) is 6.66. The van der Waals surface area contributed by atoms with Crippen molar-refractivity contribution in [3.05, 3.63) is 142 Å². The molecule has 3 heterocycles. The number of allylic oxidation sites excluding steroid dienone is 2. The molecule has 4 aromatic carbocycles. The molecule has 4 amide bonds. The van der Waals surface area contributed by atoms with E-state index < -0.39 is 46.8 Å². The number of fused-ring (bicyclic) bond motifs is 4. The van der Waals surface area contributed by atoms with Gasteiger partial charge in [-0.25, -0.2) is 0 Å². The number of aromatic hydroxyl groups is 1. The SMILES string of the molecule is Cc1ccc(NN2C(=O)C3CC4C(=CCC5C(=O)N(C6CCN(Cc7ccccc7)CC6)C(=O)C54)C(c4ccc(O)cc4Cl)C3(c3ccccc3)C2=O)cc1. The van der Waals surface area contributed by atoms with Gasteiger partial charge in [-0.05, 0) is 79.5 Å². The molecule has 280 valence electrons. The molecule has 55 heavy (non-hydrogen) atoms. The molecule has 6 unspecified atom stereocenters. The number of hydrazine groups is 1. The third-order valence-corrected chi connectivity index (χ3v) is 13.2. The predicted molar refractivity (Wildman–Crippen MR) is 209 cm³/mol. The third-order valence-electron chi connectivity index (χ3n) is 12.9. The van der Waals surface area contributed by atoms with E-state index in [2.05, 4.69) is 22.5 Å². The standard InChI is InChI=1S/C45H43ClN4O5/c1-27-12-14-30(15-13-27)47-50-42(53)37-25-36-33(40(34-17-16-32(51)24-38(34)46)45(37,44(50)55)29-10-6-3-7-11-29)18-19-35-39(36)43(54)49(41(35)52)31-20-22-48(23-21-31)26-28-8-4-2-5-9-28/h2-18,24,31,35-37,39-40,47,51H,19-23,25-26H2,1H3. The second-order valence-electron chi connectivity index (χ2n) is 15.8. The van der Waals surface area contributed by atoms with Gasteiger partial charge in [0.25, 0.3) is 11.8 Å². The lowest BCUT2D eigenvalue weighted by molar-refractivity contribution is -0.144. The quantitative estimate of drug-likeness (QED) is 0.155. The summed E-state index contributed by atoms with van der Waals surface area (Å²) in [6, 6.07) is 31.7. The molecule has 0 spiro atoms. The van der Waals surface area contributed by atoms with E-state index in [9.17, 15) is 19.5 Å². The van der Waals surface area contributed by atoms with Crippen LogP contribution in [-0.4, -0.2) is 62.7 Å². The minimum atomic E-state index is -1.43. The van der Waals surface area contributed by atoms with Crippen LogP contribution in [0, 0.1) is 30.6 Å². The fourth-order valence-corrected chi connectivity index (χ4v) is 10.7. The van der Waals surface area contributed by atoms with Crippen molar-refractivity contribution in [1.29, 1.82) is 0 Å². The zero-order valence-electron chi connectivity index (χ0n) is 30.6. The smallest absolute Gasteiger partial charge is 0.260 e. The molecule has 6 atom stereocenters. The van der Waals surface area contributed by atoms with Crippen molar-refractivity contribution >= 4 is 40.9 Å². The topological polar surface area (TPSA) is 110 Å². The minimum absolute atomic E-state index is 0.0253. The second-order valence-corrected chi connectivity index (χ2v) is 16.2. The molecule has 3 aliphatic heterocycles. The van der Waals surface area contributed by atoms with Crippen molar-refractivity contribution in [1.82, 2.24) is 14.8 Å². The van der Waals surface area contributed by atoms with Crippen LogP contribution in [0.5, 0.6) is 5.75 Å². The maximum atomic E-state index is 15.3. The summed E-state index contributed by atoms with van der Waals surface area (Å²) in [6.45, 7) is 4.35. The van der Waals surface area contributed by atoms with Crippen LogP contribution in [-0.2, 0) is 31.1 Å². The number of hydrogen-bond donors (Lipinski definition) is 2. The zero-order valence-corrected chi connectivity index (χ0v) is 31.4. The van der Waals surface area contributed by atoms with Crippen LogP contribution >= 0.6 is 11.6 Å². The Balaban J connectivity index is 1.11. The van der Waals surface area contributed by atoms with Gasteiger partial charge in [-0.15, -0.1) is 0 Å². The van der Waals surface area contributed by atoms with E-state index in [1.54, 1.807) is 17.0 Å². The summed E-state index contributed by atoms with van der Waals surface area (Å²) in [7, 11) is 0.